The van der Waals surface area contributed by atoms with Crippen LogP contribution >= 0.6 is 0 Å². The number of aromatic nitrogens is 4. The minimum atomic E-state index is -4.74. The molecule has 4 aliphatic rings. The molecule has 6 rings (SSSR count). The number of carbonyl (C=O) groups excluding carboxylic acids is 2. The summed E-state index contributed by atoms with van der Waals surface area (Å²) >= 11 is 0. The number of halogens is 6. The van der Waals surface area contributed by atoms with Gasteiger partial charge in [0.05, 0.1) is 25.3 Å². The van der Waals surface area contributed by atoms with Gasteiger partial charge in [0.1, 0.15) is 48.0 Å². The van der Waals surface area contributed by atoms with Gasteiger partial charge in [0.15, 0.2) is 11.6 Å². The van der Waals surface area contributed by atoms with E-state index in [4.69, 9.17) is 9.47 Å². The van der Waals surface area contributed by atoms with Crippen LogP contribution in [0.15, 0.2) is 24.5 Å². The molecule has 2 saturated heterocycles. The van der Waals surface area contributed by atoms with Crippen LogP contribution in [0, 0.1) is 23.7 Å². The molecular formula is C32H38F6N6O8. The topological polar surface area (TPSA) is 209 Å². The first-order valence-corrected chi connectivity index (χ1v) is 16.9. The SMILES string of the molecule is O=C(C1CCC(C(=O)C2OC[C@H](Nc3nccc(C(F)(F)F)n3)C(O)C2O)C(C2CCC2)C1)C1OC[C@H](Nc2nccc(C(F)(F)F)n2)C(O)C1O. The summed E-state index contributed by atoms with van der Waals surface area (Å²) in [5.74, 6) is -3.44. The molecular weight excluding hydrogens is 710 g/mol. The zero-order chi connectivity index (χ0) is 37.5. The van der Waals surface area contributed by atoms with Gasteiger partial charge in [0.2, 0.25) is 11.9 Å². The Kier molecular flexibility index (Phi) is 11.1. The fourth-order valence-electron chi connectivity index (χ4n) is 7.55. The summed E-state index contributed by atoms with van der Waals surface area (Å²) < 4.78 is 89.8. The van der Waals surface area contributed by atoms with Gasteiger partial charge < -0.3 is 40.5 Å². The lowest BCUT2D eigenvalue weighted by Crippen LogP contribution is -2.60. The Bertz CT molecular complexity index is 1600. The molecule has 52 heavy (non-hydrogen) atoms. The summed E-state index contributed by atoms with van der Waals surface area (Å²) in [5.41, 5.74) is -2.43. The molecule has 20 heteroatoms. The van der Waals surface area contributed by atoms with Crippen LogP contribution in [-0.4, -0.2) is 114 Å². The number of aliphatic hydroxyl groups is 4. The summed E-state index contributed by atoms with van der Waals surface area (Å²) in [5, 5.41) is 48.5. The van der Waals surface area contributed by atoms with Crippen LogP contribution in [0.4, 0.5) is 38.2 Å². The van der Waals surface area contributed by atoms with E-state index in [0.717, 1.165) is 31.7 Å². The van der Waals surface area contributed by atoms with Crippen LogP contribution in [0.5, 0.6) is 0 Å². The maximum Gasteiger partial charge on any atom is 0.433 e. The second-order valence-electron chi connectivity index (χ2n) is 13.8. The standard InChI is InChI=1S/C32H38F6N6O8/c33-31(34,35)19-6-8-39-29(43-19)41-17-11-51-27(25(49)23(17)47)21(45)14-4-5-15(16(10-14)13-2-1-3-13)22(46)28-26(50)24(48)18(12-52-28)42-30-40-9-7-20(44-30)32(36,37)38/h6-9,13-18,23-28,47-50H,1-5,10-12H2,(H,39,41,43)(H,40,42,44)/t14?,15?,16?,17-,18-,23?,24?,25?,26?,27?,28?/m0/s1. The number of carbonyl (C=O) groups is 2. The molecule has 4 fully saturated rings. The number of nitrogens with zero attached hydrogens (tertiary/aromatic N) is 4. The van der Waals surface area contributed by atoms with Gasteiger partial charge in [-0.25, -0.2) is 19.9 Å². The van der Waals surface area contributed by atoms with Crippen molar-refractivity contribution >= 4 is 23.5 Å². The molecule has 2 aliphatic heterocycles. The lowest BCUT2D eigenvalue weighted by Gasteiger charge is -2.46. The van der Waals surface area contributed by atoms with Crippen LogP contribution in [0.2, 0.25) is 0 Å². The van der Waals surface area contributed by atoms with Crippen molar-refractivity contribution in [1.82, 2.24) is 19.9 Å². The maximum atomic E-state index is 13.9. The molecule has 2 aromatic heterocycles. The van der Waals surface area contributed by atoms with Crippen molar-refractivity contribution in [2.75, 3.05) is 23.8 Å². The fraction of sp³-hybridized carbons (Fsp3) is 0.688. The molecule has 0 radical (unpaired) electrons. The molecule has 2 aliphatic carbocycles. The van der Waals surface area contributed by atoms with Gasteiger partial charge in [-0.1, -0.05) is 19.3 Å². The molecule has 0 amide bonds. The van der Waals surface area contributed by atoms with Crippen molar-refractivity contribution < 1.29 is 65.8 Å². The molecule has 14 nitrogen and oxygen atoms in total. The Morgan fingerprint density at radius 3 is 1.62 bits per heavy atom. The van der Waals surface area contributed by atoms with Gasteiger partial charge in [-0.3, -0.25) is 9.59 Å². The largest absolute Gasteiger partial charge is 0.433 e. The van der Waals surface area contributed by atoms with Crippen LogP contribution < -0.4 is 10.6 Å². The Balaban J connectivity index is 1.07. The van der Waals surface area contributed by atoms with Crippen molar-refractivity contribution in [3.63, 3.8) is 0 Å². The Labute approximate surface area is 292 Å². The fourth-order valence-corrected chi connectivity index (χ4v) is 7.55. The van der Waals surface area contributed by atoms with Gasteiger partial charge in [-0.2, -0.15) is 26.3 Å². The predicted molar refractivity (Wildman–Crippen MR) is 164 cm³/mol. The van der Waals surface area contributed by atoms with Crippen molar-refractivity contribution in [3.05, 3.63) is 35.9 Å². The number of nitrogens with one attached hydrogen (secondary N) is 2. The van der Waals surface area contributed by atoms with E-state index < -0.39 is 108 Å². The predicted octanol–water partition coefficient (Wildman–Crippen LogP) is 1.78. The lowest BCUT2D eigenvalue weighted by atomic mass is 9.60. The van der Waals surface area contributed by atoms with Gasteiger partial charge in [-0.05, 0) is 43.2 Å². The number of ketones is 2. The number of hydrogen-bond acceptors (Lipinski definition) is 14. The maximum absolute atomic E-state index is 13.9. The van der Waals surface area contributed by atoms with E-state index in [1.807, 2.05) is 0 Å². The number of ether oxygens (including phenoxy) is 2. The number of anilines is 2. The van der Waals surface area contributed by atoms with E-state index in [9.17, 15) is 56.4 Å². The van der Waals surface area contributed by atoms with Crippen LogP contribution in [0.25, 0.3) is 0 Å². The third kappa shape index (κ3) is 8.01. The second-order valence-corrected chi connectivity index (χ2v) is 13.8. The molecule has 4 heterocycles. The first-order chi connectivity index (χ1) is 24.5. The van der Waals surface area contributed by atoms with Crippen molar-refractivity contribution in [2.24, 2.45) is 23.7 Å². The molecule has 9 unspecified atom stereocenters. The molecule has 11 atom stereocenters. The second kappa shape index (κ2) is 15.1. The van der Waals surface area contributed by atoms with Crippen molar-refractivity contribution in [2.45, 2.75) is 99.6 Å². The Morgan fingerprint density at radius 2 is 1.17 bits per heavy atom. The van der Waals surface area contributed by atoms with E-state index in [0.29, 0.717) is 12.1 Å². The minimum Gasteiger partial charge on any atom is -0.388 e. The van der Waals surface area contributed by atoms with Gasteiger partial charge >= 0.3 is 12.4 Å². The number of aliphatic hydroxyl groups excluding tert-OH is 4. The first kappa shape index (κ1) is 38.2. The average Bonchev–Trinajstić information content (AvgIpc) is 3.07. The Hall–Kier alpha value is -3.56. The van der Waals surface area contributed by atoms with E-state index in [-0.39, 0.29) is 44.3 Å². The smallest absolute Gasteiger partial charge is 0.388 e. The number of Topliss-reactive ketones (excluding diaryl/α,β-unsaturated/α-hetero) is 2. The highest BCUT2D eigenvalue weighted by Crippen LogP contribution is 2.47. The van der Waals surface area contributed by atoms with Gasteiger partial charge in [0.25, 0.3) is 0 Å². The highest BCUT2D eigenvalue weighted by Gasteiger charge is 2.51. The monoisotopic (exact) mass is 748 g/mol. The zero-order valence-electron chi connectivity index (χ0n) is 27.4. The van der Waals surface area contributed by atoms with Crippen LogP contribution in [0.3, 0.4) is 0 Å². The van der Waals surface area contributed by atoms with Crippen molar-refractivity contribution in [1.29, 1.82) is 0 Å². The quantitative estimate of drug-likeness (QED) is 0.202. The third-order valence-electron chi connectivity index (χ3n) is 10.6. The number of hydrogen-bond donors (Lipinski definition) is 6. The summed E-state index contributed by atoms with van der Waals surface area (Å²) in [7, 11) is 0. The van der Waals surface area contributed by atoms with E-state index >= 15 is 0 Å². The normalized spacial score (nSPS) is 34.6. The van der Waals surface area contributed by atoms with Gasteiger partial charge in [0, 0.05) is 24.2 Å². The highest BCUT2D eigenvalue weighted by molar-refractivity contribution is 5.89. The van der Waals surface area contributed by atoms with E-state index in [2.05, 4.69) is 30.6 Å². The first-order valence-electron chi connectivity index (χ1n) is 16.9. The van der Waals surface area contributed by atoms with Crippen molar-refractivity contribution in [3.8, 4) is 0 Å². The molecule has 2 aromatic rings. The minimum absolute atomic E-state index is 0.0755. The summed E-state index contributed by atoms with van der Waals surface area (Å²) in [6, 6.07) is -0.925. The summed E-state index contributed by atoms with van der Waals surface area (Å²) in [6.45, 7) is -0.714. The highest BCUT2D eigenvalue weighted by atomic mass is 19.4. The number of alkyl halides is 6. The molecule has 0 bridgehead atoms. The van der Waals surface area contributed by atoms with Crippen LogP contribution in [-0.2, 0) is 31.4 Å². The summed E-state index contributed by atoms with van der Waals surface area (Å²) in [6.07, 6.45) is -14.2. The van der Waals surface area contributed by atoms with E-state index in [1.54, 1.807) is 0 Å². The molecule has 286 valence electrons. The molecule has 2 saturated carbocycles. The molecule has 6 N–H and O–H groups in total. The average molecular weight is 749 g/mol. The molecule has 0 aromatic carbocycles. The van der Waals surface area contributed by atoms with E-state index in [1.165, 1.54) is 0 Å². The number of rotatable bonds is 9. The zero-order valence-corrected chi connectivity index (χ0v) is 27.4. The Morgan fingerprint density at radius 1 is 0.692 bits per heavy atom. The summed E-state index contributed by atoms with van der Waals surface area (Å²) in [4.78, 5) is 41.8. The molecule has 0 spiro atoms. The van der Waals surface area contributed by atoms with Gasteiger partial charge in [-0.15, -0.1) is 0 Å². The third-order valence-corrected chi connectivity index (χ3v) is 10.6. The van der Waals surface area contributed by atoms with Crippen LogP contribution in [0.1, 0.15) is 49.9 Å². The lowest BCUT2D eigenvalue weighted by molar-refractivity contribution is -0.174.